The summed E-state index contributed by atoms with van der Waals surface area (Å²) in [6.07, 6.45) is 0. The number of hydrogen-bond donors (Lipinski definition) is 0. The first-order chi connectivity index (χ1) is 16.2. The van der Waals surface area contributed by atoms with Gasteiger partial charge in [0.1, 0.15) is 18.0 Å². The molecule has 0 saturated carbocycles. The van der Waals surface area contributed by atoms with Crippen LogP contribution in [-0.2, 0) is 6.54 Å². The molecule has 8 nitrogen and oxygen atoms in total. The van der Waals surface area contributed by atoms with Crippen molar-refractivity contribution >= 4 is 11.6 Å². The van der Waals surface area contributed by atoms with Crippen LogP contribution in [-0.4, -0.2) is 37.3 Å². The monoisotopic (exact) mass is 437 g/mol. The van der Waals surface area contributed by atoms with Crippen LogP contribution >= 0.6 is 0 Å². The topological polar surface area (TPSA) is 91.4 Å². The summed E-state index contributed by atoms with van der Waals surface area (Å²) in [5, 5.41) is 12.8. The van der Waals surface area contributed by atoms with Crippen LogP contribution in [0, 0.1) is 0 Å². The predicted octanol–water partition coefficient (Wildman–Crippen LogP) is 3.51. The Morgan fingerprint density at radius 3 is 2.12 bits per heavy atom. The zero-order valence-electron chi connectivity index (χ0n) is 17.8. The molecule has 0 unspecified atom stereocenters. The molecule has 5 aromatic rings. The maximum atomic E-state index is 13.4. The lowest BCUT2D eigenvalue weighted by molar-refractivity contribution is 0.0966. The van der Waals surface area contributed by atoms with Crippen LogP contribution in [0.1, 0.15) is 10.4 Å². The number of ether oxygens (including phenoxy) is 1. The molecule has 0 saturated heterocycles. The number of nitrogens with zero attached hydrogens (tertiary/aromatic N) is 5. The number of ketones is 1. The Morgan fingerprint density at radius 1 is 0.848 bits per heavy atom. The summed E-state index contributed by atoms with van der Waals surface area (Å²) in [5.41, 5.74) is 2.73. The summed E-state index contributed by atoms with van der Waals surface area (Å²) in [5.74, 6) is 0.523. The van der Waals surface area contributed by atoms with Crippen LogP contribution in [0.4, 0.5) is 0 Å². The van der Waals surface area contributed by atoms with Gasteiger partial charge in [0.15, 0.2) is 5.78 Å². The number of Topliss-reactive ketones (excluding diaryl/α,β-unsaturated/α-hetero) is 1. The van der Waals surface area contributed by atoms with Gasteiger partial charge in [-0.05, 0) is 24.3 Å². The number of benzene rings is 3. The average molecular weight is 437 g/mol. The van der Waals surface area contributed by atoms with E-state index in [4.69, 9.17) is 4.74 Å². The van der Waals surface area contributed by atoms with Gasteiger partial charge in [0, 0.05) is 16.7 Å². The van der Waals surface area contributed by atoms with Gasteiger partial charge in [0.05, 0.1) is 12.8 Å². The molecule has 0 N–H and O–H groups in total. The fourth-order valence-electron chi connectivity index (χ4n) is 3.66. The summed E-state index contributed by atoms with van der Waals surface area (Å²) < 4.78 is 7.66. The van der Waals surface area contributed by atoms with E-state index in [1.165, 1.54) is 4.40 Å². The van der Waals surface area contributed by atoms with Gasteiger partial charge < -0.3 is 4.74 Å². The van der Waals surface area contributed by atoms with Gasteiger partial charge in [0.2, 0.25) is 0 Å². The van der Waals surface area contributed by atoms with E-state index in [2.05, 4.69) is 15.3 Å². The first-order valence-corrected chi connectivity index (χ1v) is 10.3. The van der Waals surface area contributed by atoms with E-state index >= 15 is 0 Å². The molecular formula is C25H19N5O3. The standard InChI is InChI=1S/C25H19N5O3/c1-33-20-14-12-17(13-15-20)21(31)16-29-25(32)30-23(19-10-6-3-7-11-19)22(26-27-24(30)28-29)18-8-4-2-5-9-18/h2-15H,16H2,1H3. The second-order valence-electron chi connectivity index (χ2n) is 7.36. The number of aromatic nitrogens is 5. The maximum Gasteiger partial charge on any atom is 0.352 e. The Hall–Kier alpha value is -4.59. The van der Waals surface area contributed by atoms with E-state index in [1.54, 1.807) is 31.4 Å². The van der Waals surface area contributed by atoms with Gasteiger partial charge in [-0.1, -0.05) is 60.7 Å². The first kappa shape index (κ1) is 20.3. The van der Waals surface area contributed by atoms with E-state index in [0.717, 1.165) is 15.8 Å². The number of carbonyl (C=O) groups is 1. The van der Waals surface area contributed by atoms with Crippen LogP contribution in [0.5, 0.6) is 5.75 Å². The van der Waals surface area contributed by atoms with Gasteiger partial charge in [-0.2, -0.15) is 0 Å². The highest BCUT2D eigenvalue weighted by Gasteiger charge is 2.21. The molecule has 0 bridgehead atoms. The summed E-state index contributed by atoms with van der Waals surface area (Å²) in [6.45, 7) is -0.219. The van der Waals surface area contributed by atoms with Crippen molar-refractivity contribution in [3.63, 3.8) is 0 Å². The molecule has 5 rings (SSSR count). The molecule has 0 spiro atoms. The van der Waals surface area contributed by atoms with Crippen molar-refractivity contribution in [1.29, 1.82) is 0 Å². The van der Waals surface area contributed by atoms with Gasteiger partial charge in [-0.15, -0.1) is 15.3 Å². The smallest absolute Gasteiger partial charge is 0.352 e. The third kappa shape index (κ3) is 3.78. The minimum absolute atomic E-state index is 0.126. The molecule has 162 valence electrons. The highest BCUT2D eigenvalue weighted by Crippen LogP contribution is 2.29. The number of rotatable bonds is 6. The Kier molecular flexibility index (Phi) is 5.24. The second-order valence-corrected chi connectivity index (χ2v) is 7.36. The molecule has 33 heavy (non-hydrogen) atoms. The number of hydrogen-bond acceptors (Lipinski definition) is 6. The molecule has 0 aliphatic rings. The molecular weight excluding hydrogens is 418 g/mol. The lowest BCUT2D eigenvalue weighted by Crippen LogP contribution is -2.26. The van der Waals surface area contributed by atoms with Gasteiger partial charge in [-0.25, -0.2) is 13.9 Å². The molecule has 3 aromatic carbocycles. The summed E-state index contributed by atoms with van der Waals surface area (Å²) in [6, 6.07) is 25.7. The Morgan fingerprint density at radius 2 is 1.48 bits per heavy atom. The molecule has 0 radical (unpaired) electrons. The number of methoxy groups -OCH3 is 1. The van der Waals surface area contributed by atoms with Gasteiger partial charge in [-0.3, -0.25) is 4.79 Å². The normalized spacial score (nSPS) is 10.9. The predicted molar refractivity (Wildman–Crippen MR) is 123 cm³/mol. The highest BCUT2D eigenvalue weighted by atomic mass is 16.5. The third-order valence-corrected chi connectivity index (χ3v) is 5.31. The summed E-state index contributed by atoms with van der Waals surface area (Å²) >= 11 is 0. The van der Waals surface area contributed by atoms with Crippen molar-refractivity contribution in [3.8, 4) is 28.3 Å². The number of carbonyl (C=O) groups excluding carboxylic acids is 1. The van der Waals surface area contributed by atoms with E-state index in [9.17, 15) is 9.59 Å². The van der Waals surface area contributed by atoms with Crippen LogP contribution in [0.2, 0.25) is 0 Å². The van der Waals surface area contributed by atoms with Gasteiger partial charge >= 0.3 is 5.69 Å². The SMILES string of the molecule is COc1ccc(C(=O)Cn2nc3nnc(-c4ccccc4)c(-c4ccccc4)n3c2=O)cc1. The molecule has 2 aromatic heterocycles. The van der Waals surface area contributed by atoms with E-state index in [0.29, 0.717) is 22.7 Å². The van der Waals surface area contributed by atoms with Crippen molar-refractivity contribution in [2.24, 2.45) is 0 Å². The zero-order chi connectivity index (χ0) is 22.8. The van der Waals surface area contributed by atoms with Crippen LogP contribution < -0.4 is 10.4 Å². The molecule has 2 heterocycles. The van der Waals surface area contributed by atoms with Crippen molar-refractivity contribution in [1.82, 2.24) is 24.4 Å². The average Bonchev–Trinajstić information content (AvgIpc) is 3.19. The number of fused-ring (bicyclic) bond motifs is 1. The Balaban J connectivity index is 1.64. The van der Waals surface area contributed by atoms with Crippen molar-refractivity contribution in [2.75, 3.05) is 7.11 Å². The van der Waals surface area contributed by atoms with E-state index in [1.807, 2.05) is 60.7 Å². The lowest BCUT2D eigenvalue weighted by atomic mass is 10.0. The molecule has 8 heteroatoms. The van der Waals surface area contributed by atoms with Gasteiger partial charge in [0.25, 0.3) is 5.78 Å². The molecule has 0 fully saturated rings. The van der Waals surface area contributed by atoms with E-state index < -0.39 is 5.69 Å². The van der Waals surface area contributed by atoms with Crippen molar-refractivity contribution in [2.45, 2.75) is 6.54 Å². The lowest BCUT2D eigenvalue weighted by Gasteiger charge is -2.09. The van der Waals surface area contributed by atoms with Crippen LogP contribution in [0.3, 0.4) is 0 Å². The first-order valence-electron chi connectivity index (χ1n) is 10.3. The molecule has 0 atom stereocenters. The van der Waals surface area contributed by atoms with Crippen LogP contribution in [0.25, 0.3) is 28.3 Å². The molecule has 0 aliphatic heterocycles. The fraction of sp³-hybridized carbons (Fsp3) is 0.0800. The Bertz CT molecular complexity index is 1490. The van der Waals surface area contributed by atoms with Crippen LogP contribution in [0.15, 0.2) is 89.7 Å². The van der Waals surface area contributed by atoms with Crippen molar-refractivity contribution < 1.29 is 9.53 Å². The van der Waals surface area contributed by atoms with Crippen molar-refractivity contribution in [3.05, 3.63) is 101 Å². The zero-order valence-corrected chi connectivity index (χ0v) is 17.8. The molecule has 0 amide bonds. The maximum absolute atomic E-state index is 13.4. The summed E-state index contributed by atoms with van der Waals surface area (Å²) in [7, 11) is 1.56. The summed E-state index contributed by atoms with van der Waals surface area (Å²) in [4.78, 5) is 26.2. The largest absolute Gasteiger partial charge is 0.497 e. The van der Waals surface area contributed by atoms with E-state index in [-0.39, 0.29) is 18.1 Å². The minimum atomic E-state index is -0.460. The quantitative estimate of drug-likeness (QED) is 0.378. The highest BCUT2D eigenvalue weighted by molar-refractivity contribution is 5.96. The fourth-order valence-corrected chi connectivity index (χ4v) is 3.66. The third-order valence-electron chi connectivity index (χ3n) is 5.31. The second kappa shape index (κ2) is 8.51. The molecule has 0 aliphatic carbocycles. The Labute approximate surface area is 188 Å². The minimum Gasteiger partial charge on any atom is -0.497 e.